The van der Waals surface area contributed by atoms with Crippen molar-refractivity contribution in [3.05, 3.63) is 53.1 Å². The van der Waals surface area contributed by atoms with Crippen molar-refractivity contribution in [2.24, 2.45) is 0 Å². The summed E-state index contributed by atoms with van der Waals surface area (Å²) in [5, 5.41) is 5.79. The van der Waals surface area contributed by atoms with Gasteiger partial charge < -0.3 is 20.1 Å². The van der Waals surface area contributed by atoms with Gasteiger partial charge in [-0.3, -0.25) is 9.59 Å². The van der Waals surface area contributed by atoms with Crippen molar-refractivity contribution in [2.75, 3.05) is 25.6 Å². The third-order valence-corrected chi connectivity index (χ3v) is 3.50. The Kier molecular flexibility index (Phi) is 6.65. The molecule has 0 aliphatic carbocycles. The van der Waals surface area contributed by atoms with Gasteiger partial charge in [-0.15, -0.1) is 0 Å². The highest BCUT2D eigenvalue weighted by Gasteiger charge is 2.07. The number of likely N-dealkylation sites (N-methyl/N-ethyl adjacent to an activating group) is 1. The molecule has 132 valence electrons. The molecular formula is C18H19ClN2O4. The van der Waals surface area contributed by atoms with Crippen molar-refractivity contribution in [2.45, 2.75) is 6.92 Å². The highest BCUT2D eigenvalue weighted by molar-refractivity contribution is 6.30. The van der Waals surface area contributed by atoms with Gasteiger partial charge in [0.1, 0.15) is 11.5 Å². The van der Waals surface area contributed by atoms with Crippen molar-refractivity contribution in [3.8, 4) is 11.5 Å². The monoisotopic (exact) mass is 362 g/mol. The number of amides is 2. The van der Waals surface area contributed by atoms with Gasteiger partial charge in [0.2, 0.25) is 0 Å². The van der Waals surface area contributed by atoms with E-state index in [-0.39, 0.29) is 25.0 Å². The second-order valence-electron chi connectivity index (χ2n) is 5.24. The molecule has 0 fully saturated rings. The van der Waals surface area contributed by atoms with E-state index in [2.05, 4.69) is 10.6 Å². The van der Waals surface area contributed by atoms with E-state index in [1.54, 1.807) is 42.5 Å². The maximum Gasteiger partial charge on any atom is 0.262 e. The first-order valence-corrected chi connectivity index (χ1v) is 7.98. The van der Waals surface area contributed by atoms with E-state index < -0.39 is 0 Å². The molecule has 2 amide bonds. The van der Waals surface area contributed by atoms with E-state index >= 15 is 0 Å². The van der Waals surface area contributed by atoms with Crippen molar-refractivity contribution >= 4 is 29.1 Å². The predicted molar refractivity (Wildman–Crippen MR) is 96.3 cm³/mol. The highest BCUT2D eigenvalue weighted by Crippen LogP contribution is 2.22. The zero-order valence-corrected chi connectivity index (χ0v) is 14.7. The fourth-order valence-corrected chi connectivity index (χ4v) is 2.23. The molecule has 0 aliphatic heterocycles. The van der Waals surface area contributed by atoms with Crippen molar-refractivity contribution in [3.63, 3.8) is 0 Å². The van der Waals surface area contributed by atoms with Crippen LogP contribution in [0.5, 0.6) is 11.5 Å². The van der Waals surface area contributed by atoms with Gasteiger partial charge in [-0.2, -0.15) is 0 Å². The van der Waals surface area contributed by atoms with Gasteiger partial charge in [0, 0.05) is 23.8 Å². The minimum Gasteiger partial charge on any atom is -0.484 e. The van der Waals surface area contributed by atoms with Crippen molar-refractivity contribution < 1.29 is 19.1 Å². The van der Waals surface area contributed by atoms with Crippen LogP contribution in [0.1, 0.15) is 5.56 Å². The average Bonchev–Trinajstić information content (AvgIpc) is 2.59. The summed E-state index contributed by atoms with van der Waals surface area (Å²) in [6.45, 7) is 1.63. The average molecular weight is 363 g/mol. The fraction of sp³-hybridized carbons (Fsp3) is 0.222. The van der Waals surface area contributed by atoms with Crippen LogP contribution >= 0.6 is 11.6 Å². The minimum atomic E-state index is -0.308. The summed E-state index contributed by atoms with van der Waals surface area (Å²) < 4.78 is 10.8. The lowest BCUT2D eigenvalue weighted by Gasteiger charge is -2.11. The van der Waals surface area contributed by atoms with E-state index in [1.807, 2.05) is 6.92 Å². The van der Waals surface area contributed by atoms with Gasteiger partial charge >= 0.3 is 0 Å². The lowest BCUT2D eigenvalue weighted by molar-refractivity contribution is -0.122. The SMILES string of the molecule is CNC(=O)COc1cccc(NC(=O)COc2ccc(Cl)cc2C)c1. The molecule has 0 bridgehead atoms. The number of benzene rings is 2. The molecule has 2 N–H and O–H groups in total. The minimum absolute atomic E-state index is 0.0904. The topological polar surface area (TPSA) is 76.7 Å². The largest absolute Gasteiger partial charge is 0.484 e. The number of ether oxygens (including phenoxy) is 2. The lowest BCUT2D eigenvalue weighted by atomic mass is 10.2. The van der Waals surface area contributed by atoms with Gasteiger partial charge in [-0.25, -0.2) is 0 Å². The number of nitrogens with one attached hydrogen (secondary N) is 2. The fourth-order valence-electron chi connectivity index (χ4n) is 2.00. The van der Waals surface area contributed by atoms with Crippen LogP contribution in [0.3, 0.4) is 0 Å². The number of hydrogen-bond acceptors (Lipinski definition) is 4. The Bertz CT molecular complexity index is 764. The van der Waals surface area contributed by atoms with Crippen LogP contribution in [0.2, 0.25) is 5.02 Å². The Balaban J connectivity index is 1.88. The van der Waals surface area contributed by atoms with Crippen molar-refractivity contribution in [1.82, 2.24) is 5.32 Å². The van der Waals surface area contributed by atoms with E-state index in [9.17, 15) is 9.59 Å². The molecule has 0 spiro atoms. The Morgan fingerprint density at radius 2 is 1.80 bits per heavy atom. The Hall–Kier alpha value is -2.73. The molecule has 0 aromatic heterocycles. The molecule has 7 heteroatoms. The molecule has 0 heterocycles. The maximum atomic E-state index is 12.0. The number of carbonyl (C=O) groups is 2. The molecule has 0 saturated heterocycles. The van der Waals surface area contributed by atoms with Gasteiger partial charge in [-0.1, -0.05) is 17.7 Å². The molecule has 0 aliphatic rings. The Morgan fingerprint density at radius 1 is 1.04 bits per heavy atom. The summed E-state index contributed by atoms with van der Waals surface area (Å²) in [5.41, 5.74) is 1.40. The van der Waals surface area contributed by atoms with Gasteiger partial charge in [0.15, 0.2) is 13.2 Å². The summed E-state index contributed by atoms with van der Waals surface area (Å²) in [4.78, 5) is 23.2. The first kappa shape index (κ1) is 18.6. The van der Waals surface area contributed by atoms with Crippen LogP contribution in [0.15, 0.2) is 42.5 Å². The number of anilines is 1. The highest BCUT2D eigenvalue weighted by atomic mass is 35.5. The van der Waals surface area contributed by atoms with E-state index in [0.717, 1.165) is 5.56 Å². The summed E-state index contributed by atoms with van der Waals surface area (Å²) >= 11 is 5.88. The van der Waals surface area contributed by atoms with Crippen molar-refractivity contribution in [1.29, 1.82) is 0 Å². The van der Waals surface area contributed by atoms with Gasteiger partial charge in [0.25, 0.3) is 11.8 Å². The molecule has 25 heavy (non-hydrogen) atoms. The molecule has 2 rings (SSSR count). The molecule has 0 atom stereocenters. The van der Waals surface area contributed by atoms with Crippen LogP contribution < -0.4 is 20.1 Å². The lowest BCUT2D eigenvalue weighted by Crippen LogP contribution is -2.24. The maximum absolute atomic E-state index is 12.0. The molecule has 0 saturated carbocycles. The third kappa shape index (κ3) is 6.00. The van der Waals surface area contributed by atoms with E-state index in [0.29, 0.717) is 22.2 Å². The van der Waals surface area contributed by atoms with Crippen LogP contribution in [-0.4, -0.2) is 32.1 Å². The number of halogens is 1. The second-order valence-corrected chi connectivity index (χ2v) is 5.67. The van der Waals surface area contributed by atoms with E-state index in [4.69, 9.17) is 21.1 Å². The quantitative estimate of drug-likeness (QED) is 0.794. The number of aryl methyl sites for hydroxylation is 1. The molecule has 0 unspecified atom stereocenters. The Labute approximate surface area is 151 Å². The summed E-state index contributed by atoms with van der Waals surface area (Å²) in [6.07, 6.45) is 0. The zero-order chi connectivity index (χ0) is 18.2. The van der Waals surface area contributed by atoms with E-state index in [1.165, 1.54) is 7.05 Å². The standard InChI is InChI=1S/C18H19ClN2O4/c1-12-8-13(19)6-7-16(12)25-11-18(23)21-14-4-3-5-15(9-14)24-10-17(22)20-2/h3-9H,10-11H2,1-2H3,(H,20,22)(H,21,23). The first-order chi connectivity index (χ1) is 12.0. The molecule has 0 radical (unpaired) electrons. The normalized spacial score (nSPS) is 10.0. The number of rotatable bonds is 7. The molecule has 2 aromatic carbocycles. The zero-order valence-electron chi connectivity index (χ0n) is 14.0. The third-order valence-electron chi connectivity index (χ3n) is 3.26. The van der Waals surface area contributed by atoms with Crippen LogP contribution in [0.25, 0.3) is 0 Å². The molecule has 6 nitrogen and oxygen atoms in total. The summed E-state index contributed by atoms with van der Waals surface area (Å²) in [6, 6.07) is 12.0. The smallest absolute Gasteiger partial charge is 0.262 e. The molecule has 2 aromatic rings. The predicted octanol–water partition coefficient (Wildman–Crippen LogP) is 2.79. The summed E-state index contributed by atoms with van der Waals surface area (Å²) in [7, 11) is 1.53. The van der Waals surface area contributed by atoms with Gasteiger partial charge in [-0.05, 0) is 42.8 Å². The van der Waals surface area contributed by atoms with Crippen LogP contribution in [0.4, 0.5) is 5.69 Å². The molecular weight excluding hydrogens is 344 g/mol. The first-order valence-electron chi connectivity index (χ1n) is 7.60. The van der Waals surface area contributed by atoms with Gasteiger partial charge in [0.05, 0.1) is 0 Å². The van der Waals surface area contributed by atoms with Crippen LogP contribution in [0, 0.1) is 6.92 Å². The Morgan fingerprint density at radius 3 is 2.52 bits per heavy atom. The van der Waals surface area contributed by atoms with Crippen LogP contribution in [-0.2, 0) is 9.59 Å². The second kappa shape index (κ2) is 8.94. The summed E-state index contributed by atoms with van der Waals surface area (Å²) in [5.74, 6) is 0.539. The number of hydrogen-bond donors (Lipinski definition) is 2. The number of carbonyl (C=O) groups excluding carboxylic acids is 2.